The summed E-state index contributed by atoms with van der Waals surface area (Å²) in [7, 11) is 1.34. The lowest BCUT2D eigenvalue weighted by Crippen LogP contribution is -2.12. The highest BCUT2D eigenvalue weighted by atomic mass is 16.5. The molecule has 1 aliphatic rings. The van der Waals surface area contributed by atoms with Crippen LogP contribution in [-0.2, 0) is 4.74 Å². The number of methoxy groups -OCH3 is 1. The van der Waals surface area contributed by atoms with Gasteiger partial charge in [0.25, 0.3) is 0 Å². The van der Waals surface area contributed by atoms with Gasteiger partial charge in [-0.2, -0.15) is 0 Å². The third kappa shape index (κ3) is 2.68. The molecule has 0 amide bonds. The van der Waals surface area contributed by atoms with Gasteiger partial charge in [0.15, 0.2) is 5.69 Å². The predicted octanol–water partition coefficient (Wildman–Crippen LogP) is 1.39. The number of hydrogen-bond donors (Lipinski definition) is 1. The quantitative estimate of drug-likeness (QED) is 0.778. The molecule has 0 spiro atoms. The van der Waals surface area contributed by atoms with Crippen LogP contribution in [0.15, 0.2) is 6.07 Å². The summed E-state index contributed by atoms with van der Waals surface area (Å²) >= 11 is 0. The number of carbonyl (C=O) groups excluding carboxylic acids is 1. The summed E-state index contributed by atoms with van der Waals surface area (Å²) in [5.74, 6) is 0.818. The zero-order valence-corrected chi connectivity index (χ0v) is 9.49. The van der Waals surface area contributed by atoms with Gasteiger partial charge < -0.3 is 10.1 Å². The molecule has 1 aliphatic carbocycles. The van der Waals surface area contributed by atoms with Gasteiger partial charge in [0.2, 0.25) is 5.95 Å². The molecule has 5 heteroatoms. The standard InChI is InChI=1S/C11H15N3O2/c1-7-5-9(10(15)16-2)14-11(13-7)12-6-8-3-4-8/h5,8H,3-4,6H2,1-2H3,(H,12,13,14). The van der Waals surface area contributed by atoms with Crippen molar-refractivity contribution in [1.29, 1.82) is 0 Å². The number of aromatic nitrogens is 2. The van der Waals surface area contributed by atoms with E-state index in [9.17, 15) is 4.79 Å². The minimum atomic E-state index is -0.431. The van der Waals surface area contributed by atoms with E-state index in [1.807, 2.05) is 6.92 Å². The molecular formula is C11H15N3O2. The third-order valence-electron chi connectivity index (χ3n) is 2.49. The Morgan fingerprint density at radius 2 is 2.31 bits per heavy atom. The molecule has 16 heavy (non-hydrogen) atoms. The number of nitrogens with one attached hydrogen (secondary N) is 1. The Morgan fingerprint density at radius 1 is 1.56 bits per heavy atom. The molecular weight excluding hydrogens is 206 g/mol. The first-order valence-electron chi connectivity index (χ1n) is 5.37. The molecule has 1 saturated carbocycles. The van der Waals surface area contributed by atoms with Crippen molar-refractivity contribution in [2.75, 3.05) is 19.0 Å². The fourth-order valence-corrected chi connectivity index (χ4v) is 1.41. The van der Waals surface area contributed by atoms with Crippen molar-refractivity contribution >= 4 is 11.9 Å². The number of rotatable bonds is 4. The molecule has 0 aromatic carbocycles. The van der Waals surface area contributed by atoms with Crippen molar-refractivity contribution in [3.05, 3.63) is 17.5 Å². The molecule has 1 aromatic heterocycles. The van der Waals surface area contributed by atoms with Crippen molar-refractivity contribution in [2.24, 2.45) is 5.92 Å². The molecule has 0 aliphatic heterocycles. The van der Waals surface area contributed by atoms with Crippen LogP contribution < -0.4 is 5.32 Å². The van der Waals surface area contributed by atoms with Crippen molar-refractivity contribution < 1.29 is 9.53 Å². The Hall–Kier alpha value is -1.65. The first-order valence-corrected chi connectivity index (χ1v) is 5.37. The fraction of sp³-hybridized carbons (Fsp3) is 0.545. The van der Waals surface area contributed by atoms with E-state index in [0.717, 1.165) is 18.2 Å². The summed E-state index contributed by atoms with van der Waals surface area (Å²) in [5, 5.41) is 3.14. The van der Waals surface area contributed by atoms with Gasteiger partial charge >= 0.3 is 5.97 Å². The molecule has 86 valence electrons. The molecule has 0 radical (unpaired) electrons. The largest absolute Gasteiger partial charge is 0.464 e. The maximum atomic E-state index is 11.3. The second-order valence-corrected chi connectivity index (χ2v) is 4.03. The average molecular weight is 221 g/mol. The number of nitrogens with zero attached hydrogens (tertiary/aromatic N) is 2. The number of esters is 1. The predicted molar refractivity (Wildman–Crippen MR) is 59.3 cm³/mol. The third-order valence-corrected chi connectivity index (χ3v) is 2.49. The van der Waals surface area contributed by atoms with Crippen molar-refractivity contribution in [3.8, 4) is 0 Å². The summed E-state index contributed by atoms with van der Waals surface area (Å²) < 4.78 is 4.63. The molecule has 0 saturated heterocycles. The Kier molecular flexibility index (Phi) is 3.03. The topological polar surface area (TPSA) is 64.1 Å². The Balaban J connectivity index is 2.10. The Morgan fingerprint density at radius 3 is 2.94 bits per heavy atom. The normalized spacial score (nSPS) is 14.6. The van der Waals surface area contributed by atoms with Crippen molar-refractivity contribution in [1.82, 2.24) is 9.97 Å². The second kappa shape index (κ2) is 4.47. The molecule has 1 heterocycles. The van der Waals surface area contributed by atoms with Gasteiger partial charge in [-0.15, -0.1) is 0 Å². The number of anilines is 1. The lowest BCUT2D eigenvalue weighted by atomic mass is 10.3. The van der Waals surface area contributed by atoms with Gasteiger partial charge in [0, 0.05) is 12.2 Å². The summed E-state index contributed by atoms with van der Waals surface area (Å²) in [5.41, 5.74) is 1.06. The van der Waals surface area contributed by atoms with Crippen LogP contribution in [0.25, 0.3) is 0 Å². The number of carbonyl (C=O) groups is 1. The smallest absolute Gasteiger partial charge is 0.356 e. The van der Waals surface area contributed by atoms with E-state index in [2.05, 4.69) is 20.0 Å². The summed E-state index contributed by atoms with van der Waals surface area (Å²) in [6.45, 7) is 2.71. The molecule has 1 N–H and O–H groups in total. The van der Waals surface area contributed by atoms with Crippen LogP contribution in [0.1, 0.15) is 29.0 Å². The average Bonchev–Trinajstić information content (AvgIpc) is 3.08. The lowest BCUT2D eigenvalue weighted by Gasteiger charge is -2.06. The van der Waals surface area contributed by atoms with Gasteiger partial charge in [0.05, 0.1) is 7.11 Å². The highest BCUT2D eigenvalue weighted by molar-refractivity contribution is 5.87. The molecule has 0 atom stereocenters. The van der Waals surface area contributed by atoms with Crippen LogP contribution in [0.2, 0.25) is 0 Å². The summed E-state index contributed by atoms with van der Waals surface area (Å²) in [4.78, 5) is 19.7. The van der Waals surface area contributed by atoms with E-state index >= 15 is 0 Å². The van der Waals surface area contributed by atoms with Gasteiger partial charge in [-0.05, 0) is 31.7 Å². The van der Waals surface area contributed by atoms with Crippen LogP contribution in [0.3, 0.4) is 0 Å². The summed E-state index contributed by atoms with van der Waals surface area (Å²) in [6.07, 6.45) is 2.53. The van der Waals surface area contributed by atoms with Crippen LogP contribution in [0, 0.1) is 12.8 Å². The molecule has 1 fully saturated rings. The monoisotopic (exact) mass is 221 g/mol. The molecule has 1 aromatic rings. The van der Waals surface area contributed by atoms with Gasteiger partial charge in [0.1, 0.15) is 0 Å². The van der Waals surface area contributed by atoms with Gasteiger partial charge in [-0.1, -0.05) is 0 Å². The highest BCUT2D eigenvalue weighted by Crippen LogP contribution is 2.28. The maximum absolute atomic E-state index is 11.3. The SMILES string of the molecule is COC(=O)c1cc(C)nc(NCC2CC2)n1. The van der Waals surface area contributed by atoms with E-state index in [1.165, 1.54) is 20.0 Å². The first kappa shape index (κ1) is 10.9. The van der Waals surface area contributed by atoms with Gasteiger partial charge in [-0.25, -0.2) is 14.8 Å². The van der Waals surface area contributed by atoms with Crippen LogP contribution >= 0.6 is 0 Å². The Labute approximate surface area is 94.2 Å². The number of hydrogen-bond acceptors (Lipinski definition) is 5. The molecule has 0 bridgehead atoms. The van der Waals surface area contributed by atoms with Crippen LogP contribution in [-0.4, -0.2) is 29.6 Å². The fourth-order valence-electron chi connectivity index (χ4n) is 1.41. The van der Waals surface area contributed by atoms with E-state index in [1.54, 1.807) is 6.07 Å². The maximum Gasteiger partial charge on any atom is 0.356 e. The highest BCUT2D eigenvalue weighted by Gasteiger charge is 2.21. The molecule has 0 unspecified atom stereocenters. The molecule has 2 rings (SSSR count). The lowest BCUT2D eigenvalue weighted by molar-refractivity contribution is 0.0594. The first-order chi connectivity index (χ1) is 7.69. The van der Waals surface area contributed by atoms with Crippen molar-refractivity contribution in [2.45, 2.75) is 19.8 Å². The second-order valence-electron chi connectivity index (χ2n) is 4.03. The summed E-state index contributed by atoms with van der Waals surface area (Å²) in [6, 6.07) is 1.62. The minimum absolute atomic E-state index is 0.299. The number of ether oxygens (including phenoxy) is 1. The van der Waals surface area contributed by atoms with Gasteiger partial charge in [-0.3, -0.25) is 0 Å². The van der Waals surface area contributed by atoms with Crippen molar-refractivity contribution in [3.63, 3.8) is 0 Å². The van der Waals surface area contributed by atoms with E-state index in [4.69, 9.17) is 0 Å². The zero-order chi connectivity index (χ0) is 11.5. The van der Waals surface area contributed by atoms with E-state index < -0.39 is 5.97 Å². The van der Waals surface area contributed by atoms with E-state index in [0.29, 0.717) is 11.6 Å². The van der Waals surface area contributed by atoms with Crippen LogP contribution in [0.5, 0.6) is 0 Å². The van der Waals surface area contributed by atoms with Crippen LogP contribution in [0.4, 0.5) is 5.95 Å². The molecule has 5 nitrogen and oxygen atoms in total. The zero-order valence-electron chi connectivity index (χ0n) is 9.49. The minimum Gasteiger partial charge on any atom is -0.464 e. The van der Waals surface area contributed by atoms with E-state index in [-0.39, 0.29) is 0 Å². The Bertz CT molecular complexity index is 402. The number of aryl methyl sites for hydroxylation is 1.